The van der Waals surface area contributed by atoms with Crippen LogP contribution in [0.5, 0.6) is 0 Å². The van der Waals surface area contributed by atoms with Gasteiger partial charge in [0.1, 0.15) is 5.84 Å². The first-order chi connectivity index (χ1) is 12.7. The lowest BCUT2D eigenvalue weighted by Crippen LogP contribution is -2.37. The number of aromatic nitrogens is 4. The number of ether oxygens (including phenoxy) is 1. The average Bonchev–Trinajstić information content (AvgIpc) is 3.11. The van der Waals surface area contributed by atoms with E-state index in [4.69, 9.17) is 21.0 Å². The molecule has 1 fully saturated rings. The number of nitrogens with one attached hydrogen (secondary N) is 1. The summed E-state index contributed by atoms with van der Waals surface area (Å²) in [5.74, 6) is 0.740. The maximum Gasteiger partial charge on any atom is 0.167 e. The summed E-state index contributed by atoms with van der Waals surface area (Å²) >= 11 is 0. The maximum atomic E-state index is 7.83. The molecule has 0 aliphatic carbocycles. The minimum absolute atomic E-state index is 0.0107. The molecule has 8 heteroatoms. The van der Waals surface area contributed by atoms with Crippen molar-refractivity contribution in [2.45, 2.75) is 6.42 Å². The monoisotopic (exact) mass is 351 g/mol. The molecule has 3 aromatic rings. The van der Waals surface area contributed by atoms with E-state index < -0.39 is 0 Å². The van der Waals surface area contributed by atoms with Crippen molar-refractivity contribution in [3.05, 3.63) is 48.0 Å². The fourth-order valence-corrected chi connectivity index (χ4v) is 3.14. The second-order valence-corrected chi connectivity index (χ2v) is 6.25. The molecular formula is C18H21N7O. The minimum Gasteiger partial charge on any atom is -0.384 e. The molecule has 0 radical (unpaired) electrons. The van der Waals surface area contributed by atoms with E-state index >= 15 is 0 Å². The van der Waals surface area contributed by atoms with Crippen molar-refractivity contribution in [3.8, 4) is 11.3 Å². The molecule has 4 rings (SSSR count). The van der Waals surface area contributed by atoms with Crippen molar-refractivity contribution >= 4 is 11.5 Å². The lowest BCUT2D eigenvalue weighted by Gasteiger charge is -2.25. The van der Waals surface area contributed by atoms with E-state index in [1.54, 1.807) is 16.9 Å². The van der Waals surface area contributed by atoms with Gasteiger partial charge in [-0.15, -0.1) is 0 Å². The summed E-state index contributed by atoms with van der Waals surface area (Å²) in [5, 5.41) is 12.5. The smallest absolute Gasteiger partial charge is 0.167 e. The van der Waals surface area contributed by atoms with Crippen LogP contribution in [0.3, 0.4) is 0 Å². The molecule has 0 atom stereocenters. The summed E-state index contributed by atoms with van der Waals surface area (Å²) in [6.45, 7) is 4.32. The van der Waals surface area contributed by atoms with Crippen LogP contribution in [-0.2, 0) is 11.2 Å². The van der Waals surface area contributed by atoms with Crippen LogP contribution in [0.25, 0.3) is 16.9 Å². The zero-order valence-corrected chi connectivity index (χ0v) is 14.4. The number of rotatable bonds is 5. The van der Waals surface area contributed by atoms with Gasteiger partial charge in [0.25, 0.3) is 0 Å². The number of nitrogens with zero attached hydrogens (tertiary/aromatic N) is 5. The Kier molecular flexibility index (Phi) is 4.59. The Bertz CT molecular complexity index is 916. The normalized spacial score (nSPS) is 15.4. The third kappa shape index (κ3) is 3.29. The topological polar surface area (TPSA) is 105 Å². The van der Waals surface area contributed by atoms with Gasteiger partial charge in [-0.1, -0.05) is 0 Å². The van der Waals surface area contributed by atoms with E-state index in [-0.39, 0.29) is 5.84 Å². The first kappa shape index (κ1) is 16.6. The van der Waals surface area contributed by atoms with Gasteiger partial charge in [0.05, 0.1) is 24.5 Å². The van der Waals surface area contributed by atoms with Gasteiger partial charge in [-0.05, 0) is 24.3 Å². The van der Waals surface area contributed by atoms with Crippen LogP contribution < -0.4 is 5.73 Å². The highest BCUT2D eigenvalue weighted by molar-refractivity contribution is 6.00. The third-order valence-electron chi connectivity index (χ3n) is 4.55. The number of hydrogen-bond donors (Lipinski definition) is 2. The molecule has 26 heavy (non-hydrogen) atoms. The maximum absolute atomic E-state index is 7.83. The Balaban J connectivity index is 1.69. The van der Waals surface area contributed by atoms with Crippen LogP contribution in [0.2, 0.25) is 0 Å². The number of nitrogen functional groups attached to an aromatic ring is 1. The first-order valence-electron chi connectivity index (χ1n) is 8.66. The van der Waals surface area contributed by atoms with Gasteiger partial charge in [0.15, 0.2) is 11.5 Å². The molecule has 1 saturated heterocycles. The molecule has 0 aromatic carbocycles. The van der Waals surface area contributed by atoms with Gasteiger partial charge in [0.2, 0.25) is 0 Å². The fourth-order valence-electron chi connectivity index (χ4n) is 3.14. The summed E-state index contributed by atoms with van der Waals surface area (Å²) < 4.78 is 7.17. The van der Waals surface area contributed by atoms with E-state index in [1.807, 2.05) is 24.3 Å². The summed E-state index contributed by atoms with van der Waals surface area (Å²) in [7, 11) is 0. The van der Waals surface area contributed by atoms with Gasteiger partial charge >= 0.3 is 0 Å². The van der Waals surface area contributed by atoms with Crippen molar-refractivity contribution in [2.75, 3.05) is 32.8 Å². The van der Waals surface area contributed by atoms with E-state index in [1.165, 1.54) is 0 Å². The quantitative estimate of drug-likeness (QED) is 0.524. The highest BCUT2D eigenvalue weighted by Gasteiger charge is 2.16. The lowest BCUT2D eigenvalue weighted by molar-refractivity contribution is 0.0382. The molecule has 0 saturated carbocycles. The van der Waals surface area contributed by atoms with Gasteiger partial charge < -0.3 is 10.5 Å². The predicted octanol–water partition coefficient (Wildman–Crippen LogP) is 0.950. The van der Waals surface area contributed by atoms with Gasteiger partial charge in [-0.2, -0.15) is 5.10 Å². The molecule has 0 spiro atoms. The molecule has 3 N–H and O–H groups in total. The lowest BCUT2D eigenvalue weighted by atomic mass is 10.1. The van der Waals surface area contributed by atoms with Crippen LogP contribution in [-0.4, -0.2) is 63.2 Å². The molecule has 1 aliphatic rings. The Labute approximate surface area is 151 Å². The number of nitrogens with two attached hydrogens (primary N) is 1. The Morgan fingerprint density at radius 3 is 2.65 bits per heavy atom. The van der Waals surface area contributed by atoms with Crippen molar-refractivity contribution in [2.24, 2.45) is 5.73 Å². The second-order valence-electron chi connectivity index (χ2n) is 6.25. The van der Waals surface area contributed by atoms with Crippen LogP contribution in [0.4, 0.5) is 0 Å². The molecule has 134 valence electrons. The zero-order valence-electron chi connectivity index (χ0n) is 14.4. The van der Waals surface area contributed by atoms with E-state index in [9.17, 15) is 0 Å². The van der Waals surface area contributed by atoms with Crippen molar-refractivity contribution in [1.29, 1.82) is 5.41 Å². The SMILES string of the molecule is N=C(N)c1ccc(-c2ccncc2)n2nc(CCN3CCOCC3)nc12. The van der Waals surface area contributed by atoms with Crippen LogP contribution >= 0.6 is 0 Å². The van der Waals surface area contributed by atoms with Crippen molar-refractivity contribution in [1.82, 2.24) is 24.5 Å². The molecule has 1 aliphatic heterocycles. The van der Waals surface area contributed by atoms with Gasteiger partial charge in [0, 0.05) is 44.0 Å². The average molecular weight is 351 g/mol. The fraction of sp³-hybridized carbons (Fsp3) is 0.333. The Hall–Kier alpha value is -2.84. The number of fused-ring (bicyclic) bond motifs is 1. The van der Waals surface area contributed by atoms with Gasteiger partial charge in [-0.3, -0.25) is 15.3 Å². The van der Waals surface area contributed by atoms with E-state index in [0.717, 1.165) is 56.4 Å². The molecule has 0 bridgehead atoms. The number of pyridine rings is 2. The standard InChI is InChI=1S/C18H21N7O/c19-17(20)14-1-2-15(13-3-6-21-7-4-13)25-18(14)22-16(23-25)5-8-24-9-11-26-12-10-24/h1-4,6-7H,5,8-12H2,(H3,19,20). The third-order valence-corrected chi connectivity index (χ3v) is 4.55. The van der Waals surface area contributed by atoms with Crippen LogP contribution in [0.1, 0.15) is 11.4 Å². The molecular weight excluding hydrogens is 330 g/mol. The summed E-state index contributed by atoms with van der Waals surface area (Å²) in [6.07, 6.45) is 4.24. The van der Waals surface area contributed by atoms with Gasteiger partial charge in [-0.25, -0.2) is 9.50 Å². The molecule has 3 aromatic heterocycles. The van der Waals surface area contributed by atoms with Crippen molar-refractivity contribution < 1.29 is 4.74 Å². The second kappa shape index (κ2) is 7.19. The predicted molar refractivity (Wildman–Crippen MR) is 98.2 cm³/mol. The zero-order chi connectivity index (χ0) is 17.9. The van der Waals surface area contributed by atoms with Crippen LogP contribution in [0.15, 0.2) is 36.7 Å². The number of morpholine rings is 1. The van der Waals surface area contributed by atoms with Crippen LogP contribution in [0, 0.1) is 5.41 Å². The number of amidine groups is 1. The molecule has 8 nitrogen and oxygen atoms in total. The summed E-state index contributed by atoms with van der Waals surface area (Å²) in [6, 6.07) is 7.60. The summed E-state index contributed by atoms with van der Waals surface area (Å²) in [4.78, 5) is 11.1. The molecule has 0 unspecified atom stereocenters. The Morgan fingerprint density at radius 1 is 1.15 bits per heavy atom. The van der Waals surface area contributed by atoms with E-state index in [0.29, 0.717) is 11.2 Å². The minimum atomic E-state index is -0.0107. The van der Waals surface area contributed by atoms with Crippen molar-refractivity contribution in [3.63, 3.8) is 0 Å². The highest BCUT2D eigenvalue weighted by atomic mass is 16.5. The first-order valence-corrected chi connectivity index (χ1v) is 8.66. The molecule has 4 heterocycles. The summed E-state index contributed by atoms with van der Waals surface area (Å²) in [5.41, 5.74) is 8.84. The number of hydrogen-bond acceptors (Lipinski definition) is 6. The highest BCUT2D eigenvalue weighted by Crippen LogP contribution is 2.22. The van der Waals surface area contributed by atoms with E-state index in [2.05, 4.69) is 14.9 Å². The molecule has 0 amide bonds. The largest absolute Gasteiger partial charge is 0.384 e. The Morgan fingerprint density at radius 2 is 1.92 bits per heavy atom.